The van der Waals surface area contributed by atoms with Gasteiger partial charge in [0.25, 0.3) is 5.56 Å². The predicted molar refractivity (Wildman–Crippen MR) is 58.5 cm³/mol. The van der Waals surface area contributed by atoms with E-state index in [4.69, 9.17) is 4.74 Å². The van der Waals surface area contributed by atoms with Crippen LogP contribution in [-0.4, -0.2) is 30.9 Å². The standard InChI is InChI=1S/C11H15NO4/c1-3-16-7-6-12-8-9(11(14)15-2)4-5-10(12)13/h4-5,8H,3,6-7H2,1-2H3. The molecule has 0 saturated carbocycles. The van der Waals surface area contributed by atoms with Crippen LogP contribution in [0.25, 0.3) is 0 Å². The first-order chi connectivity index (χ1) is 7.69. The van der Waals surface area contributed by atoms with Gasteiger partial charge in [-0.1, -0.05) is 0 Å². The molecule has 0 spiro atoms. The van der Waals surface area contributed by atoms with E-state index in [0.29, 0.717) is 25.3 Å². The maximum atomic E-state index is 11.4. The lowest BCUT2D eigenvalue weighted by Gasteiger charge is -2.07. The first kappa shape index (κ1) is 12.4. The Morgan fingerprint density at radius 3 is 2.81 bits per heavy atom. The van der Waals surface area contributed by atoms with Crippen LogP contribution in [0.1, 0.15) is 17.3 Å². The third-order valence-electron chi connectivity index (χ3n) is 2.09. The largest absolute Gasteiger partial charge is 0.465 e. The van der Waals surface area contributed by atoms with Crippen LogP contribution in [0.3, 0.4) is 0 Å². The highest BCUT2D eigenvalue weighted by Crippen LogP contribution is 1.98. The summed E-state index contributed by atoms with van der Waals surface area (Å²) in [6, 6.07) is 2.80. The molecular weight excluding hydrogens is 210 g/mol. The molecule has 0 N–H and O–H groups in total. The first-order valence-corrected chi connectivity index (χ1v) is 5.05. The SMILES string of the molecule is CCOCCn1cc(C(=O)OC)ccc1=O. The molecular formula is C11H15NO4. The van der Waals surface area contributed by atoms with Crippen molar-refractivity contribution in [2.24, 2.45) is 0 Å². The highest BCUT2D eigenvalue weighted by Gasteiger charge is 2.06. The zero-order chi connectivity index (χ0) is 12.0. The summed E-state index contributed by atoms with van der Waals surface area (Å²) < 4.78 is 11.1. The summed E-state index contributed by atoms with van der Waals surface area (Å²) in [7, 11) is 1.30. The summed E-state index contributed by atoms with van der Waals surface area (Å²) in [6.07, 6.45) is 1.48. The number of hydrogen-bond donors (Lipinski definition) is 0. The van der Waals surface area contributed by atoms with Crippen molar-refractivity contribution in [1.82, 2.24) is 4.57 Å². The van der Waals surface area contributed by atoms with Crippen molar-refractivity contribution in [1.29, 1.82) is 0 Å². The molecule has 0 aliphatic rings. The van der Waals surface area contributed by atoms with Crippen LogP contribution in [0.15, 0.2) is 23.1 Å². The molecule has 88 valence electrons. The van der Waals surface area contributed by atoms with Gasteiger partial charge in [0.1, 0.15) is 0 Å². The summed E-state index contributed by atoms with van der Waals surface area (Å²) in [5.41, 5.74) is 0.200. The second kappa shape index (κ2) is 6.07. The monoisotopic (exact) mass is 225 g/mol. The summed E-state index contributed by atoms with van der Waals surface area (Å²) in [5.74, 6) is -0.454. The van der Waals surface area contributed by atoms with Crippen molar-refractivity contribution in [2.75, 3.05) is 20.3 Å². The number of esters is 1. The van der Waals surface area contributed by atoms with Gasteiger partial charge < -0.3 is 14.0 Å². The Hall–Kier alpha value is -1.62. The first-order valence-electron chi connectivity index (χ1n) is 5.05. The zero-order valence-corrected chi connectivity index (χ0v) is 9.43. The van der Waals surface area contributed by atoms with E-state index in [-0.39, 0.29) is 5.56 Å². The number of hydrogen-bond acceptors (Lipinski definition) is 4. The molecule has 16 heavy (non-hydrogen) atoms. The van der Waals surface area contributed by atoms with E-state index in [1.54, 1.807) is 0 Å². The van der Waals surface area contributed by atoms with Gasteiger partial charge in [0.2, 0.25) is 0 Å². The van der Waals surface area contributed by atoms with Crippen LogP contribution in [0.5, 0.6) is 0 Å². The average molecular weight is 225 g/mol. The molecule has 0 atom stereocenters. The molecule has 0 radical (unpaired) electrons. The Bertz CT molecular complexity index is 411. The molecule has 0 aliphatic carbocycles. The van der Waals surface area contributed by atoms with E-state index in [2.05, 4.69) is 4.74 Å². The minimum absolute atomic E-state index is 0.160. The van der Waals surface area contributed by atoms with Gasteiger partial charge in [-0.3, -0.25) is 4.79 Å². The highest BCUT2D eigenvalue weighted by molar-refractivity contribution is 5.88. The summed E-state index contributed by atoms with van der Waals surface area (Å²) in [6.45, 7) is 3.36. The fourth-order valence-corrected chi connectivity index (χ4v) is 1.25. The van der Waals surface area contributed by atoms with Gasteiger partial charge in [0, 0.05) is 25.4 Å². The van der Waals surface area contributed by atoms with E-state index in [9.17, 15) is 9.59 Å². The lowest BCUT2D eigenvalue weighted by molar-refractivity contribution is 0.0599. The van der Waals surface area contributed by atoms with Crippen molar-refractivity contribution in [2.45, 2.75) is 13.5 Å². The number of nitrogens with zero attached hydrogens (tertiary/aromatic N) is 1. The fraction of sp³-hybridized carbons (Fsp3) is 0.455. The van der Waals surface area contributed by atoms with Gasteiger partial charge in [0.15, 0.2) is 0 Å². The van der Waals surface area contributed by atoms with Crippen molar-refractivity contribution in [3.8, 4) is 0 Å². The zero-order valence-electron chi connectivity index (χ0n) is 9.43. The summed E-state index contributed by atoms with van der Waals surface area (Å²) in [5, 5.41) is 0. The third kappa shape index (κ3) is 3.20. The molecule has 0 aliphatic heterocycles. The van der Waals surface area contributed by atoms with Crippen LogP contribution in [-0.2, 0) is 16.0 Å². The van der Waals surface area contributed by atoms with Crippen LogP contribution < -0.4 is 5.56 Å². The summed E-state index contributed by atoms with van der Waals surface area (Å²) in [4.78, 5) is 22.7. The quantitative estimate of drug-likeness (QED) is 0.546. The molecule has 1 aromatic heterocycles. The van der Waals surface area contributed by atoms with Gasteiger partial charge in [-0.05, 0) is 13.0 Å². The van der Waals surface area contributed by atoms with E-state index >= 15 is 0 Å². The Labute approximate surface area is 93.6 Å². The van der Waals surface area contributed by atoms with E-state index in [1.165, 1.54) is 30.0 Å². The molecule has 0 unspecified atom stereocenters. The van der Waals surface area contributed by atoms with E-state index in [0.717, 1.165) is 0 Å². The molecule has 0 bridgehead atoms. The summed E-state index contributed by atoms with van der Waals surface area (Å²) >= 11 is 0. The molecule has 1 heterocycles. The lowest BCUT2D eigenvalue weighted by atomic mass is 10.3. The maximum Gasteiger partial charge on any atom is 0.339 e. The van der Waals surface area contributed by atoms with Crippen LogP contribution >= 0.6 is 0 Å². The Morgan fingerprint density at radius 2 is 2.19 bits per heavy atom. The second-order valence-electron chi connectivity index (χ2n) is 3.14. The molecule has 0 fully saturated rings. The number of aromatic nitrogens is 1. The molecule has 0 aromatic carbocycles. The van der Waals surface area contributed by atoms with Crippen LogP contribution in [0.2, 0.25) is 0 Å². The maximum absolute atomic E-state index is 11.4. The molecule has 0 saturated heterocycles. The number of carbonyl (C=O) groups is 1. The Balaban J connectivity index is 2.82. The van der Waals surface area contributed by atoms with Crippen molar-refractivity contribution < 1.29 is 14.3 Å². The number of pyridine rings is 1. The highest BCUT2D eigenvalue weighted by atomic mass is 16.5. The molecule has 0 amide bonds. The number of carbonyl (C=O) groups excluding carboxylic acids is 1. The average Bonchev–Trinajstić information content (AvgIpc) is 2.31. The molecule has 1 rings (SSSR count). The predicted octanol–water partition coefficient (Wildman–Crippen LogP) is 0.671. The van der Waals surface area contributed by atoms with Gasteiger partial charge in [-0.25, -0.2) is 4.79 Å². The Morgan fingerprint density at radius 1 is 1.44 bits per heavy atom. The third-order valence-corrected chi connectivity index (χ3v) is 2.09. The lowest BCUT2D eigenvalue weighted by Crippen LogP contribution is -2.22. The van der Waals surface area contributed by atoms with E-state index < -0.39 is 5.97 Å². The van der Waals surface area contributed by atoms with Crippen LogP contribution in [0.4, 0.5) is 0 Å². The molecule has 1 aromatic rings. The van der Waals surface area contributed by atoms with Crippen molar-refractivity contribution >= 4 is 5.97 Å². The number of methoxy groups -OCH3 is 1. The normalized spacial score (nSPS) is 10.1. The topological polar surface area (TPSA) is 57.5 Å². The Kier molecular flexibility index (Phi) is 4.72. The molecule has 5 nitrogen and oxygen atoms in total. The molecule has 5 heteroatoms. The van der Waals surface area contributed by atoms with Gasteiger partial charge in [0.05, 0.1) is 19.3 Å². The van der Waals surface area contributed by atoms with Gasteiger partial charge in [-0.15, -0.1) is 0 Å². The number of ether oxygens (including phenoxy) is 2. The van der Waals surface area contributed by atoms with Crippen molar-refractivity contribution in [3.63, 3.8) is 0 Å². The minimum atomic E-state index is -0.454. The smallest absolute Gasteiger partial charge is 0.339 e. The second-order valence-corrected chi connectivity index (χ2v) is 3.14. The minimum Gasteiger partial charge on any atom is -0.465 e. The van der Waals surface area contributed by atoms with Gasteiger partial charge >= 0.3 is 5.97 Å². The van der Waals surface area contributed by atoms with Gasteiger partial charge in [-0.2, -0.15) is 0 Å². The van der Waals surface area contributed by atoms with Crippen molar-refractivity contribution in [3.05, 3.63) is 34.2 Å². The van der Waals surface area contributed by atoms with E-state index in [1.807, 2.05) is 6.92 Å². The fourth-order valence-electron chi connectivity index (χ4n) is 1.25. The van der Waals surface area contributed by atoms with Crippen LogP contribution in [0, 0.1) is 0 Å². The number of rotatable bonds is 5.